The Kier molecular flexibility index (Phi) is 9.11. The maximum absolute atomic E-state index is 13.1. The van der Waals surface area contributed by atoms with E-state index in [2.05, 4.69) is 35.6 Å². The van der Waals surface area contributed by atoms with Crippen molar-refractivity contribution in [1.29, 1.82) is 0 Å². The van der Waals surface area contributed by atoms with E-state index < -0.39 is 29.9 Å². The number of pyridine rings is 1. The molecular weight excluding hydrogens is 468 g/mol. The molecule has 13 nitrogen and oxygen atoms in total. The van der Waals surface area contributed by atoms with Crippen LogP contribution in [0.15, 0.2) is 37.2 Å². The summed E-state index contributed by atoms with van der Waals surface area (Å²) in [6, 6.07) is 1.82. The SMILES string of the molecule is COC(=O)[C@H](Cc1cnc[nH]1)NCc1cc(N(C)C)cc(C(=O)N[C@@H](Cc2cnc[nH]2)C(=O)OC)n1. The molecule has 0 bridgehead atoms. The fourth-order valence-corrected chi connectivity index (χ4v) is 3.45. The first kappa shape index (κ1) is 26.3. The van der Waals surface area contributed by atoms with Crippen molar-refractivity contribution in [3.8, 4) is 0 Å². The highest BCUT2D eigenvalue weighted by Gasteiger charge is 2.25. The predicted molar refractivity (Wildman–Crippen MR) is 129 cm³/mol. The second-order valence-corrected chi connectivity index (χ2v) is 8.16. The molecule has 0 radical (unpaired) electrons. The van der Waals surface area contributed by atoms with Crippen molar-refractivity contribution in [2.45, 2.75) is 31.5 Å². The monoisotopic (exact) mass is 498 g/mol. The lowest BCUT2D eigenvalue weighted by atomic mass is 10.1. The third-order valence-electron chi connectivity index (χ3n) is 5.38. The number of esters is 2. The van der Waals surface area contributed by atoms with Crippen LogP contribution < -0.4 is 15.5 Å². The van der Waals surface area contributed by atoms with Gasteiger partial charge in [-0.05, 0) is 12.1 Å². The van der Waals surface area contributed by atoms with Gasteiger partial charge in [-0.1, -0.05) is 0 Å². The van der Waals surface area contributed by atoms with Crippen LogP contribution in [0.3, 0.4) is 0 Å². The number of nitrogens with zero attached hydrogens (tertiary/aromatic N) is 4. The van der Waals surface area contributed by atoms with E-state index in [0.29, 0.717) is 17.8 Å². The molecule has 0 unspecified atom stereocenters. The van der Waals surface area contributed by atoms with E-state index in [-0.39, 0.29) is 18.7 Å². The van der Waals surface area contributed by atoms with Crippen molar-refractivity contribution < 1.29 is 23.9 Å². The van der Waals surface area contributed by atoms with Gasteiger partial charge in [-0.2, -0.15) is 0 Å². The van der Waals surface area contributed by atoms with Crippen LogP contribution in [0.1, 0.15) is 27.6 Å². The first-order chi connectivity index (χ1) is 17.3. The van der Waals surface area contributed by atoms with Gasteiger partial charge in [0, 0.05) is 63.0 Å². The van der Waals surface area contributed by atoms with Crippen LogP contribution in [0.25, 0.3) is 0 Å². The summed E-state index contributed by atoms with van der Waals surface area (Å²) in [5, 5.41) is 5.82. The van der Waals surface area contributed by atoms with Crippen molar-refractivity contribution in [2.24, 2.45) is 0 Å². The molecule has 192 valence electrons. The smallest absolute Gasteiger partial charge is 0.328 e. The van der Waals surface area contributed by atoms with Crippen LogP contribution in [0.5, 0.6) is 0 Å². The number of carbonyl (C=O) groups excluding carboxylic acids is 3. The number of ether oxygens (including phenoxy) is 2. The molecule has 1 amide bonds. The summed E-state index contributed by atoms with van der Waals surface area (Å²) in [5.74, 6) is -1.58. The minimum atomic E-state index is -0.938. The van der Waals surface area contributed by atoms with E-state index in [9.17, 15) is 14.4 Å². The molecule has 0 aliphatic heterocycles. The van der Waals surface area contributed by atoms with Crippen LogP contribution in [0.4, 0.5) is 5.69 Å². The van der Waals surface area contributed by atoms with E-state index in [0.717, 1.165) is 11.4 Å². The lowest BCUT2D eigenvalue weighted by Gasteiger charge is -2.19. The molecule has 2 atom stereocenters. The Morgan fingerprint density at radius 2 is 1.53 bits per heavy atom. The summed E-state index contributed by atoms with van der Waals surface area (Å²) in [6.07, 6.45) is 6.73. The fraction of sp³-hybridized carbons (Fsp3) is 0.391. The van der Waals surface area contributed by atoms with Gasteiger partial charge in [0.1, 0.15) is 17.8 Å². The number of rotatable bonds is 12. The van der Waals surface area contributed by atoms with Crippen LogP contribution in [-0.4, -0.2) is 83.2 Å². The van der Waals surface area contributed by atoms with Gasteiger partial charge >= 0.3 is 11.9 Å². The lowest BCUT2D eigenvalue weighted by Crippen LogP contribution is -2.43. The van der Waals surface area contributed by atoms with E-state index >= 15 is 0 Å². The minimum absolute atomic E-state index is 0.111. The molecule has 0 aliphatic rings. The predicted octanol–water partition coefficient (Wildman–Crippen LogP) is -0.0182. The summed E-state index contributed by atoms with van der Waals surface area (Å²) in [5.41, 5.74) is 2.78. The second-order valence-electron chi connectivity index (χ2n) is 8.16. The van der Waals surface area contributed by atoms with Crippen molar-refractivity contribution in [3.05, 3.63) is 60.0 Å². The average molecular weight is 499 g/mol. The normalized spacial score (nSPS) is 12.4. The van der Waals surface area contributed by atoms with Gasteiger partial charge in [-0.15, -0.1) is 0 Å². The number of imidazole rings is 2. The van der Waals surface area contributed by atoms with Crippen LogP contribution in [-0.2, 0) is 38.4 Å². The highest BCUT2D eigenvalue weighted by Crippen LogP contribution is 2.16. The first-order valence-corrected chi connectivity index (χ1v) is 11.1. The van der Waals surface area contributed by atoms with Crippen molar-refractivity contribution in [1.82, 2.24) is 35.6 Å². The van der Waals surface area contributed by atoms with Gasteiger partial charge < -0.3 is 29.7 Å². The average Bonchev–Trinajstić information content (AvgIpc) is 3.59. The highest BCUT2D eigenvalue weighted by molar-refractivity contribution is 5.96. The zero-order chi connectivity index (χ0) is 26.1. The summed E-state index contributed by atoms with van der Waals surface area (Å²) in [4.78, 5) is 57.7. The summed E-state index contributed by atoms with van der Waals surface area (Å²) < 4.78 is 9.76. The van der Waals surface area contributed by atoms with Crippen LogP contribution in [0.2, 0.25) is 0 Å². The van der Waals surface area contributed by atoms with Crippen LogP contribution in [0, 0.1) is 0 Å². The molecule has 4 N–H and O–H groups in total. The van der Waals surface area contributed by atoms with Crippen LogP contribution >= 0.6 is 0 Å². The molecule has 3 heterocycles. The van der Waals surface area contributed by atoms with Crippen molar-refractivity contribution in [2.75, 3.05) is 33.2 Å². The molecule has 0 saturated heterocycles. The number of hydrogen-bond acceptors (Lipinski definition) is 10. The molecular formula is C23H30N8O5. The molecule has 0 spiro atoms. The molecule has 0 aliphatic carbocycles. The Morgan fingerprint density at radius 1 is 0.944 bits per heavy atom. The Bertz CT molecular complexity index is 1150. The number of aromatic nitrogens is 5. The third kappa shape index (κ3) is 7.12. The van der Waals surface area contributed by atoms with Gasteiger partial charge in [0.2, 0.25) is 0 Å². The highest BCUT2D eigenvalue weighted by atomic mass is 16.5. The van der Waals surface area contributed by atoms with E-state index in [1.54, 1.807) is 24.5 Å². The van der Waals surface area contributed by atoms with Gasteiger partial charge in [0.05, 0.1) is 32.6 Å². The molecule has 3 aromatic rings. The maximum atomic E-state index is 13.1. The first-order valence-electron chi connectivity index (χ1n) is 11.1. The van der Waals surface area contributed by atoms with E-state index in [4.69, 9.17) is 9.47 Å². The Morgan fingerprint density at radius 3 is 2.06 bits per heavy atom. The summed E-state index contributed by atoms with van der Waals surface area (Å²) in [6.45, 7) is 0.185. The number of hydrogen-bond donors (Lipinski definition) is 4. The van der Waals surface area contributed by atoms with Gasteiger partial charge in [-0.3, -0.25) is 14.9 Å². The van der Waals surface area contributed by atoms with Gasteiger partial charge in [-0.25, -0.2) is 19.7 Å². The number of carbonyl (C=O) groups is 3. The van der Waals surface area contributed by atoms with E-state index in [1.165, 1.54) is 26.9 Å². The van der Waals surface area contributed by atoms with Crippen molar-refractivity contribution in [3.63, 3.8) is 0 Å². The second kappa shape index (κ2) is 12.4. The fourth-order valence-electron chi connectivity index (χ4n) is 3.45. The van der Waals surface area contributed by atoms with Crippen molar-refractivity contribution >= 4 is 23.5 Å². The Labute approximate surface area is 208 Å². The Balaban J connectivity index is 1.78. The topological polar surface area (TPSA) is 167 Å². The minimum Gasteiger partial charge on any atom is -0.468 e. The summed E-state index contributed by atoms with van der Waals surface area (Å²) in [7, 11) is 6.24. The largest absolute Gasteiger partial charge is 0.468 e. The van der Waals surface area contributed by atoms with E-state index in [1.807, 2.05) is 19.0 Å². The molecule has 0 aromatic carbocycles. The van der Waals surface area contributed by atoms with Gasteiger partial charge in [0.25, 0.3) is 5.91 Å². The standard InChI is InChI=1S/C23H30N8O5/c1-31(2)17-5-16(11-26-19(22(33)35-3)6-14-9-24-12-27-14)29-18(8-17)21(32)30-20(23(34)36-4)7-15-10-25-13-28-15/h5,8-10,12-13,19-20,26H,6-7,11H2,1-4H3,(H,24,27)(H,25,28)(H,30,32)/t19-,20-/m0/s1. The maximum Gasteiger partial charge on any atom is 0.328 e. The summed E-state index contributed by atoms with van der Waals surface area (Å²) >= 11 is 0. The molecule has 3 rings (SSSR count). The molecule has 0 fully saturated rings. The number of H-pyrrole nitrogens is 2. The molecule has 3 aromatic heterocycles. The molecule has 36 heavy (non-hydrogen) atoms. The number of amides is 1. The quantitative estimate of drug-likeness (QED) is 0.249. The number of methoxy groups -OCH3 is 2. The van der Waals surface area contributed by atoms with Gasteiger partial charge in [0.15, 0.2) is 0 Å². The Hall–Kier alpha value is -4.26. The third-order valence-corrected chi connectivity index (χ3v) is 5.38. The molecule has 13 heteroatoms. The molecule has 0 saturated carbocycles. The number of nitrogens with one attached hydrogen (secondary N) is 4. The number of aromatic amines is 2. The zero-order valence-corrected chi connectivity index (χ0v) is 20.6. The zero-order valence-electron chi connectivity index (χ0n) is 20.6. The number of anilines is 1. The lowest BCUT2D eigenvalue weighted by molar-refractivity contribution is -0.143.